The van der Waals surface area contributed by atoms with Crippen LogP contribution in [0.1, 0.15) is 22.3 Å². The number of rotatable bonds is 6. The van der Waals surface area contributed by atoms with Crippen LogP contribution in [-0.2, 0) is 10.1 Å². The molecule has 0 spiro atoms. The van der Waals surface area contributed by atoms with Crippen molar-refractivity contribution in [1.82, 2.24) is 0 Å². The third-order valence-corrected chi connectivity index (χ3v) is 4.07. The third-order valence-electron chi connectivity index (χ3n) is 3.37. The van der Waals surface area contributed by atoms with Gasteiger partial charge in [0.2, 0.25) is 0 Å². The third kappa shape index (κ3) is 7.99. The van der Waals surface area contributed by atoms with E-state index in [0.717, 1.165) is 5.56 Å². The molecule has 0 fully saturated rings. The Morgan fingerprint density at radius 3 is 1.89 bits per heavy atom. The summed E-state index contributed by atoms with van der Waals surface area (Å²) in [7, 11) is -3.92. The minimum atomic E-state index is -3.92. The fourth-order valence-corrected chi connectivity index (χ4v) is 2.16. The smallest absolute Gasteiger partial charge is 0.267 e. The molecule has 10 heteroatoms. The first-order chi connectivity index (χ1) is 13.0. The normalized spacial score (nSPS) is 10.9. The van der Waals surface area contributed by atoms with E-state index < -0.39 is 22.5 Å². The summed E-state index contributed by atoms with van der Waals surface area (Å²) in [4.78, 5) is 0. The van der Waals surface area contributed by atoms with Gasteiger partial charge in [-0.05, 0) is 11.6 Å². The monoisotopic (exact) mass is 406 g/mol. The molecule has 0 bridgehead atoms. The average molecular weight is 406 g/mol. The zero-order valence-electron chi connectivity index (χ0n) is 14.8. The predicted molar refractivity (Wildman–Crippen MR) is 109 cm³/mol. The SMILES string of the molecule is N=C(N)c1ccc(C=Cc2ccc(C(=N)N)cc2O)cc1.O=S(=O)(O)CCO. The summed E-state index contributed by atoms with van der Waals surface area (Å²) in [6.45, 7) is -0.529. The van der Waals surface area contributed by atoms with Crippen LogP contribution < -0.4 is 11.5 Å². The second-order valence-electron chi connectivity index (χ2n) is 5.57. The maximum Gasteiger partial charge on any atom is 0.267 e. The molecule has 2 aromatic rings. The number of hydrogen-bond donors (Lipinski definition) is 7. The number of amidine groups is 2. The highest BCUT2D eigenvalue weighted by Crippen LogP contribution is 2.21. The summed E-state index contributed by atoms with van der Waals surface area (Å²) in [6, 6.07) is 12.1. The van der Waals surface area contributed by atoms with Crippen molar-refractivity contribution in [1.29, 1.82) is 10.8 Å². The van der Waals surface area contributed by atoms with Crippen LogP contribution in [-0.4, -0.2) is 47.2 Å². The molecule has 28 heavy (non-hydrogen) atoms. The summed E-state index contributed by atoms with van der Waals surface area (Å²) in [5, 5.41) is 32.4. The Labute approximate surface area is 162 Å². The van der Waals surface area contributed by atoms with E-state index in [1.54, 1.807) is 30.3 Å². The summed E-state index contributed by atoms with van der Waals surface area (Å²) < 4.78 is 27.1. The second-order valence-corrected chi connectivity index (χ2v) is 7.14. The number of aliphatic hydroxyl groups is 1. The number of benzene rings is 2. The number of phenolic OH excluding ortho intramolecular Hbond substituents is 1. The molecule has 0 saturated carbocycles. The predicted octanol–water partition coefficient (Wildman–Crippen LogP) is 0.997. The number of phenols is 1. The summed E-state index contributed by atoms with van der Waals surface area (Å²) in [6.07, 6.45) is 3.61. The number of aliphatic hydroxyl groups excluding tert-OH is 1. The fourth-order valence-electron chi connectivity index (χ4n) is 1.93. The molecule has 0 saturated heterocycles. The zero-order valence-corrected chi connectivity index (χ0v) is 15.6. The molecular weight excluding hydrogens is 384 g/mol. The minimum absolute atomic E-state index is 0.0306. The van der Waals surface area contributed by atoms with Crippen molar-refractivity contribution in [2.75, 3.05) is 12.4 Å². The Kier molecular flexibility index (Phi) is 8.32. The van der Waals surface area contributed by atoms with E-state index in [1.807, 2.05) is 18.2 Å². The van der Waals surface area contributed by atoms with Crippen LogP contribution in [0.2, 0.25) is 0 Å². The molecule has 0 atom stereocenters. The van der Waals surface area contributed by atoms with E-state index in [2.05, 4.69) is 0 Å². The van der Waals surface area contributed by atoms with Crippen molar-refractivity contribution in [3.05, 3.63) is 64.7 Å². The molecule has 0 aliphatic heterocycles. The first-order valence-electron chi connectivity index (χ1n) is 7.89. The number of nitrogen functional groups attached to an aromatic ring is 2. The molecule has 0 aliphatic rings. The van der Waals surface area contributed by atoms with Gasteiger partial charge in [0.05, 0.1) is 12.4 Å². The highest BCUT2D eigenvalue weighted by atomic mass is 32.2. The molecule has 0 heterocycles. The van der Waals surface area contributed by atoms with Crippen LogP contribution in [0, 0.1) is 10.8 Å². The molecule has 0 amide bonds. The van der Waals surface area contributed by atoms with E-state index in [-0.39, 0.29) is 17.4 Å². The topological polar surface area (TPSA) is 195 Å². The Balaban J connectivity index is 0.000000480. The maximum absolute atomic E-state index is 9.89. The van der Waals surface area contributed by atoms with Gasteiger partial charge in [-0.15, -0.1) is 0 Å². The standard InChI is InChI=1S/C16H16N4O.C2H6O4S/c17-15(18)12-5-2-10(3-6-12)1-4-11-7-8-13(16(19)20)9-14(11)21;3-1-2-7(4,5)6/h1-9,21H,(H3,17,18)(H3,19,20);3H,1-2H2,(H,4,5,6). The Morgan fingerprint density at radius 1 is 0.964 bits per heavy atom. The highest BCUT2D eigenvalue weighted by Gasteiger charge is 2.02. The van der Waals surface area contributed by atoms with Gasteiger partial charge in [-0.1, -0.05) is 48.6 Å². The first kappa shape index (κ1) is 22.8. The first-order valence-corrected chi connectivity index (χ1v) is 9.50. The van der Waals surface area contributed by atoms with Crippen LogP contribution in [0.4, 0.5) is 0 Å². The molecular formula is C18H22N4O5S. The lowest BCUT2D eigenvalue weighted by Gasteiger charge is -2.03. The van der Waals surface area contributed by atoms with Gasteiger partial charge < -0.3 is 21.7 Å². The maximum atomic E-state index is 9.89. The van der Waals surface area contributed by atoms with Crippen molar-refractivity contribution >= 4 is 33.9 Å². The average Bonchev–Trinajstić information content (AvgIpc) is 2.60. The Hall–Kier alpha value is -3.21. The lowest BCUT2D eigenvalue weighted by Crippen LogP contribution is -2.10. The van der Waals surface area contributed by atoms with Crippen molar-refractivity contribution in [2.24, 2.45) is 11.5 Å². The van der Waals surface area contributed by atoms with Crippen LogP contribution in [0.5, 0.6) is 5.75 Å². The van der Waals surface area contributed by atoms with Gasteiger partial charge >= 0.3 is 0 Å². The van der Waals surface area contributed by atoms with Crippen LogP contribution >= 0.6 is 0 Å². The van der Waals surface area contributed by atoms with Crippen molar-refractivity contribution in [2.45, 2.75) is 0 Å². The van der Waals surface area contributed by atoms with Crippen LogP contribution in [0.15, 0.2) is 42.5 Å². The summed E-state index contributed by atoms with van der Waals surface area (Å²) >= 11 is 0. The second kappa shape index (κ2) is 10.2. The van der Waals surface area contributed by atoms with E-state index in [0.29, 0.717) is 16.7 Å². The zero-order chi connectivity index (χ0) is 21.3. The molecule has 0 aromatic heterocycles. The van der Waals surface area contributed by atoms with Gasteiger partial charge in [-0.2, -0.15) is 8.42 Å². The molecule has 0 aliphatic carbocycles. The van der Waals surface area contributed by atoms with Gasteiger partial charge in [0.15, 0.2) is 0 Å². The number of aromatic hydroxyl groups is 1. The highest BCUT2D eigenvalue weighted by molar-refractivity contribution is 7.85. The molecule has 150 valence electrons. The van der Waals surface area contributed by atoms with E-state index in [9.17, 15) is 13.5 Å². The molecule has 2 rings (SSSR count). The van der Waals surface area contributed by atoms with E-state index >= 15 is 0 Å². The van der Waals surface area contributed by atoms with Gasteiger partial charge in [0.25, 0.3) is 10.1 Å². The fraction of sp³-hybridized carbons (Fsp3) is 0.111. The molecule has 2 aromatic carbocycles. The number of hydrogen-bond acceptors (Lipinski definition) is 6. The molecule has 0 unspecified atom stereocenters. The van der Waals surface area contributed by atoms with Gasteiger partial charge in [-0.25, -0.2) is 0 Å². The Bertz CT molecular complexity index is 970. The Morgan fingerprint density at radius 2 is 1.50 bits per heavy atom. The number of nitrogens with two attached hydrogens (primary N) is 2. The van der Waals surface area contributed by atoms with E-state index in [1.165, 1.54) is 6.07 Å². The van der Waals surface area contributed by atoms with Gasteiger partial charge in [0.1, 0.15) is 17.4 Å². The molecule has 0 radical (unpaired) electrons. The van der Waals surface area contributed by atoms with Gasteiger partial charge in [0, 0.05) is 16.7 Å². The quantitative estimate of drug-likeness (QED) is 0.161. The van der Waals surface area contributed by atoms with Gasteiger partial charge in [-0.3, -0.25) is 15.4 Å². The summed E-state index contributed by atoms with van der Waals surface area (Å²) in [5.41, 5.74) is 13.5. The van der Waals surface area contributed by atoms with Crippen LogP contribution in [0.25, 0.3) is 12.2 Å². The van der Waals surface area contributed by atoms with Crippen molar-refractivity contribution < 1.29 is 23.2 Å². The summed E-state index contributed by atoms with van der Waals surface area (Å²) in [5.74, 6) is -0.560. The van der Waals surface area contributed by atoms with Crippen LogP contribution in [0.3, 0.4) is 0 Å². The lowest BCUT2D eigenvalue weighted by atomic mass is 10.1. The molecule has 9 N–H and O–H groups in total. The van der Waals surface area contributed by atoms with E-state index in [4.69, 9.17) is 31.9 Å². The molecule has 9 nitrogen and oxygen atoms in total. The number of nitrogens with one attached hydrogen (secondary N) is 2. The lowest BCUT2D eigenvalue weighted by molar-refractivity contribution is 0.315. The largest absolute Gasteiger partial charge is 0.507 e. The van der Waals surface area contributed by atoms with Crippen molar-refractivity contribution in [3.63, 3.8) is 0 Å². The minimum Gasteiger partial charge on any atom is -0.507 e. The van der Waals surface area contributed by atoms with Crippen molar-refractivity contribution in [3.8, 4) is 5.75 Å².